The van der Waals surface area contributed by atoms with Crippen LogP contribution in [0.2, 0.25) is 5.02 Å². The van der Waals surface area contributed by atoms with Crippen LogP contribution in [0.1, 0.15) is 48.2 Å². The second kappa shape index (κ2) is 8.10. The smallest absolute Gasteiger partial charge is 0.269 e. The van der Waals surface area contributed by atoms with E-state index < -0.39 is 0 Å². The Morgan fingerprint density at radius 1 is 1.11 bits per heavy atom. The molecule has 1 amide bonds. The van der Waals surface area contributed by atoms with Crippen LogP contribution in [-0.4, -0.2) is 32.2 Å². The summed E-state index contributed by atoms with van der Waals surface area (Å²) in [5, 5.41) is 7.93. The summed E-state index contributed by atoms with van der Waals surface area (Å²) in [6.45, 7) is 0.546. The lowest BCUT2D eigenvalue weighted by atomic mass is 9.69. The molecule has 3 aromatic rings. The first kappa shape index (κ1) is 18.6. The molecule has 6 nitrogen and oxygen atoms in total. The molecule has 4 rings (SSSR count). The monoisotopic (exact) mass is 395 g/mol. The van der Waals surface area contributed by atoms with Crippen LogP contribution in [-0.2, 0) is 5.41 Å². The maximum Gasteiger partial charge on any atom is 0.269 e. The predicted molar refractivity (Wildman–Crippen MR) is 108 cm³/mol. The van der Waals surface area contributed by atoms with E-state index in [2.05, 4.69) is 26.4 Å². The van der Waals surface area contributed by atoms with Crippen LogP contribution in [0.15, 0.2) is 55.1 Å². The zero-order valence-corrected chi connectivity index (χ0v) is 16.3. The molecule has 1 aliphatic rings. The lowest BCUT2D eigenvalue weighted by molar-refractivity contribution is 0.0931. The summed E-state index contributed by atoms with van der Waals surface area (Å²) in [6, 6.07) is 13.3. The van der Waals surface area contributed by atoms with E-state index in [1.54, 1.807) is 24.5 Å². The molecule has 0 unspecified atom stereocenters. The Morgan fingerprint density at radius 3 is 2.68 bits per heavy atom. The third kappa shape index (κ3) is 3.78. The Labute approximate surface area is 169 Å². The number of rotatable bonds is 5. The third-order valence-electron chi connectivity index (χ3n) is 5.46. The highest BCUT2D eigenvalue weighted by molar-refractivity contribution is 6.31. The minimum Gasteiger partial charge on any atom is -0.350 e. The van der Waals surface area contributed by atoms with Crippen molar-refractivity contribution in [3.8, 4) is 5.82 Å². The summed E-state index contributed by atoms with van der Waals surface area (Å²) in [6.07, 6.45) is 8.53. The van der Waals surface area contributed by atoms with Crippen LogP contribution in [0, 0.1) is 0 Å². The number of amides is 1. The zero-order valence-electron chi connectivity index (χ0n) is 15.5. The minimum absolute atomic E-state index is 0.129. The molecule has 2 heterocycles. The lowest BCUT2D eigenvalue weighted by Crippen LogP contribution is -2.42. The average molecular weight is 396 g/mol. The van der Waals surface area contributed by atoms with Crippen molar-refractivity contribution in [1.82, 2.24) is 25.1 Å². The average Bonchev–Trinajstić information content (AvgIpc) is 3.28. The number of carbonyl (C=O) groups is 1. The van der Waals surface area contributed by atoms with E-state index in [0.29, 0.717) is 18.1 Å². The number of benzene rings is 1. The highest BCUT2D eigenvalue weighted by atomic mass is 35.5. The van der Waals surface area contributed by atoms with E-state index in [1.165, 1.54) is 17.4 Å². The van der Waals surface area contributed by atoms with Gasteiger partial charge in [0, 0.05) is 17.0 Å². The van der Waals surface area contributed by atoms with E-state index in [1.807, 2.05) is 18.2 Å². The van der Waals surface area contributed by atoms with E-state index in [0.717, 1.165) is 36.3 Å². The molecule has 0 bridgehead atoms. The van der Waals surface area contributed by atoms with Crippen LogP contribution < -0.4 is 5.32 Å². The van der Waals surface area contributed by atoms with Crippen LogP contribution in [0.4, 0.5) is 0 Å². The first-order valence-corrected chi connectivity index (χ1v) is 9.91. The van der Waals surface area contributed by atoms with Gasteiger partial charge in [0.25, 0.3) is 5.91 Å². The van der Waals surface area contributed by atoms with E-state index in [4.69, 9.17) is 11.6 Å². The van der Waals surface area contributed by atoms with E-state index in [9.17, 15) is 4.79 Å². The highest BCUT2D eigenvalue weighted by Gasteiger charge is 2.35. The molecule has 1 fully saturated rings. The molecule has 0 aliphatic heterocycles. The fourth-order valence-corrected chi connectivity index (χ4v) is 4.34. The van der Waals surface area contributed by atoms with Crippen molar-refractivity contribution >= 4 is 17.5 Å². The number of nitrogens with one attached hydrogen (secondary N) is 1. The van der Waals surface area contributed by atoms with Gasteiger partial charge in [-0.1, -0.05) is 55.1 Å². The summed E-state index contributed by atoms with van der Waals surface area (Å²) in [5.74, 6) is 0.364. The maximum atomic E-state index is 12.8. The molecule has 2 aromatic heterocycles. The minimum atomic E-state index is -0.195. The number of aromatic nitrogens is 4. The summed E-state index contributed by atoms with van der Waals surface area (Å²) >= 11 is 6.52. The molecule has 0 radical (unpaired) electrons. The first-order chi connectivity index (χ1) is 13.7. The Hall–Kier alpha value is -2.73. The van der Waals surface area contributed by atoms with E-state index >= 15 is 0 Å². The number of carbonyl (C=O) groups excluding carboxylic acids is 1. The summed E-state index contributed by atoms with van der Waals surface area (Å²) < 4.78 is 1.53. The maximum absolute atomic E-state index is 12.8. The Kier molecular flexibility index (Phi) is 5.39. The topological polar surface area (TPSA) is 72.7 Å². The normalized spacial score (nSPS) is 15.9. The van der Waals surface area contributed by atoms with Crippen molar-refractivity contribution in [2.75, 3.05) is 6.54 Å². The van der Waals surface area contributed by atoms with Gasteiger partial charge in [0.05, 0.1) is 0 Å². The van der Waals surface area contributed by atoms with Crippen LogP contribution in [0.25, 0.3) is 5.82 Å². The largest absolute Gasteiger partial charge is 0.350 e. The summed E-state index contributed by atoms with van der Waals surface area (Å²) in [7, 11) is 0. The fourth-order valence-electron chi connectivity index (χ4n) is 4.01. The number of pyridine rings is 1. The van der Waals surface area contributed by atoms with Gasteiger partial charge in [0.1, 0.15) is 18.3 Å². The van der Waals surface area contributed by atoms with Gasteiger partial charge in [-0.2, -0.15) is 5.10 Å². The van der Waals surface area contributed by atoms with Crippen molar-refractivity contribution in [1.29, 1.82) is 0 Å². The number of hydrogen-bond donors (Lipinski definition) is 1. The van der Waals surface area contributed by atoms with Gasteiger partial charge in [-0.25, -0.2) is 14.6 Å². The Morgan fingerprint density at radius 2 is 1.93 bits per heavy atom. The number of hydrogen-bond acceptors (Lipinski definition) is 4. The predicted octanol–water partition coefficient (Wildman–Crippen LogP) is 3.95. The molecule has 28 heavy (non-hydrogen) atoms. The van der Waals surface area contributed by atoms with Gasteiger partial charge in [-0.3, -0.25) is 4.79 Å². The van der Waals surface area contributed by atoms with Gasteiger partial charge in [-0.05, 0) is 36.6 Å². The second-order valence-corrected chi connectivity index (χ2v) is 7.63. The van der Waals surface area contributed by atoms with E-state index in [-0.39, 0.29) is 11.3 Å². The Balaban J connectivity index is 1.54. The van der Waals surface area contributed by atoms with Crippen LogP contribution >= 0.6 is 11.6 Å². The van der Waals surface area contributed by atoms with Crippen LogP contribution in [0.5, 0.6) is 0 Å². The summed E-state index contributed by atoms with van der Waals surface area (Å²) in [4.78, 5) is 21.2. The second-order valence-electron chi connectivity index (χ2n) is 7.22. The molecule has 7 heteroatoms. The molecule has 1 aliphatic carbocycles. The van der Waals surface area contributed by atoms with Gasteiger partial charge < -0.3 is 5.32 Å². The van der Waals surface area contributed by atoms with Crippen LogP contribution in [0.3, 0.4) is 0 Å². The molecule has 0 spiro atoms. The molecule has 1 aromatic carbocycles. The molecule has 0 atom stereocenters. The molecule has 0 saturated heterocycles. The van der Waals surface area contributed by atoms with Crippen molar-refractivity contribution in [2.45, 2.75) is 37.5 Å². The zero-order chi connectivity index (χ0) is 19.4. The molecule has 1 N–H and O–H groups in total. The number of nitrogens with zero attached hydrogens (tertiary/aromatic N) is 4. The lowest BCUT2D eigenvalue weighted by Gasteiger charge is -2.38. The van der Waals surface area contributed by atoms with Gasteiger partial charge >= 0.3 is 0 Å². The van der Waals surface area contributed by atoms with Crippen molar-refractivity contribution in [2.24, 2.45) is 0 Å². The molecular weight excluding hydrogens is 374 g/mol. The molecule has 144 valence electrons. The van der Waals surface area contributed by atoms with Gasteiger partial charge in [0.15, 0.2) is 5.82 Å². The Bertz CT molecular complexity index is 951. The fraction of sp³-hybridized carbons (Fsp3) is 0.333. The third-order valence-corrected chi connectivity index (χ3v) is 5.79. The molecular formula is C21H22ClN5O. The standard InChI is InChI=1S/C21H22ClN5O/c22-17-8-3-2-7-16(17)21(11-4-1-5-12-21)13-24-20(28)18-9-6-10-19(26-18)27-15-23-14-25-27/h2-3,6-10,14-15H,1,4-5,11-13H2,(H,24,28). The first-order valence-electron chi connectivity index (χ1n) is 9.53. The van der Waals surface area contributed by atoms with Crippen molar-refractivity contribution < 1.29 is 4.79 Å². The summed E-state index contributed by atoms with van der Waals surface area (Å²) in [5.41, 5.74) is 1.36. The molecule has 1 saturated carbocycles. The highest BCUT2D eigenvalue weighted by Crippen LogP contribution is 2.41. The van der Waals surface area contributed by atoms with Gasteiger partial charge in [-0.15, -0.1) is 0 Å². The SMILES string of the molecule is O=C(NCC1(c2ccccc2Cl)CCCCC1)c1cccc(-n2cncn2)n1. The van der Waals surface area contributed by atoms with Crippen molar-refractivity contribution in [3.05, 3.63) is 71.4 Å². The number of halogens is 1. The quantitative estimate of drug-likeness (QED) is 0.710. The van der Waals surface area contributed by atoms with Crippen molar-refractivity contribution in [3.63, 3.8) is 0 Å². The van der Waals surface area contributed by atoms with Gasteiger partial charge in [0.2, 0.25) is 0 Å².